The van der Waals surface area contributed by atoms with Gasteiger partial charge >= 0.3 is 5.97 Å². The molecule has 0 saturated heterocycles. The number of nitrogens with one attached hydrogen (secondary N) is 1. The molecular formula is C17H24N2O3. The zero-order chi connectivity index (χ0) is 16.4. The topological polar surface area (TPSA) is 58.6 Å². The number of carbonyl (C=O) groups excluding carboxylic acids is 2. The van der Waals surface area contributed by atoms with Crippen molar-refractivity contribution in [2.24, 2.45) is 5.92 Å². The second-order valence-corrected chi connectivity index (χ2v) is 6.27. The number of benzene rings is 1. The Morgan fingerprint density at radius 1 is 1.27 bits per heavy atom. The highest BCUT2D eigenvalue weighted by atomic mass is 16.5. The summed E-state index contributed by atoms with van der Waals surface area (Å²) in [4.78, 5) is 26.1. The quantitative estimate of drug-likeness (QED) is 0.869. The Morgan fingerprint density at radius 2 is 1.91 bits per heavy atom. The Bertz CT molecular complexity index is 596. The van der Waals surface area contributed by atoms with Gasteiger partial charge in [-0.1, -0.05) is 13.8 Å². The Hall–Kier alpha value is -2.04. The number of hydrogen-bond donors (Lipinski definition) is 1. The van der Waals surface area contributed by atoms with E-state index in [1.807, 2.05) is 39.8 Å². The Balaban J connectivity index is 2.29. The van der Waals surface area contributed by atoms with Crippen molar-refractivity contribution in [3.8, 4) is 0 Å². The third kappa shape index (κ3) is 3.24. The summed E-state index contributed by atoms with van der Waals surface area (Å²) in [6, 6.07) is 3.33. The van der Waals surface area contributed by atoms with Gasteiger partial charge in [-0.2, -0.15) is 0 Å². The van der Waals surface area contributed by atoms with E-state index >= 15 is 0 Å². The van der Waals surface area contributed by atoms with Gasteiger partial charge in [0.25, 0.3) is 0 Å². The molecule has 1 aliphatic heterocycles. The molecule has 5 heteroatoms. The van der Waals surface area contributed by atoms with Crippen LogP contribution in [0, 0.1) is 19.8 Å². The van der Waals surface area contributed by atoms with E-state index in [1.54, 1.807) is 11.8 Å². The van der Waals surface area contributed by atoms with Crippen molar-refractivity contribution in [2.45, 2.75) is 40.7 Å². The zero-order valence-corrected chi connectivity index (χ0v) is 13.9. The highest BCUT2D eigenvalue weighted by Gasteiger charge is 2.33. The lowest BCUT2D eigenvalue weighted by Gasteiger charge is -2.34. The number of hydrogen-bond acceptors (Lipinski definition) is 4. The molecule has 0 aliphatic carbocycles. The summed E-state index contributed by atoms with van der Waals surface area (Å²) < 4.78 is 5.28. The second-order valence-electron chi connectivity index (χ2n) is 6.27. The van der Waals surface area contributed by atoms with E-state index in [0.717, 1.165) is 22.5 Å². The van der Waals surface area contributed by atoms with Gasteiger partial charge in [0.2, 0.25) is 5.91 Å². The lowest BCUT2D eigenvalue weighted by Crippen LogP contribution is -2.49. The van der Waals surface area contributed by atoms with E-state index < -0.39 is 6.04 Å². The molecule has 1 aliphatic rings. The van der Waals surface area contributed by atoms with E-state index in [4.69, 9.17) is 4.74 Å². The minimum absolute atomic E-state index is 0.121. The second kappa shape index (κ2) is 6.38. The number of fused-ring (bicyclic) bond motifs is 1. The normalized spacial score (nSPS) is 15.4. The first kappa shape index (κ1) is 16.3. The molecule has 22 heavy (non-hydrogen) atoms. The third-order valence-corrected chi connectivity index (χ3v) is 3.86. The average molecular weight is 304 g/mol. The largest absolute Gasteiger partial charge is 0.464 e. The Morgan fingerprint density at radius 3 is 2.55 bits per heavy atom. The van der Waals surface area contributed by atoms with E-state index in [9.17, 15) is 9.59 Å². The third-order valence-electron chi connectivity index (χ3n) is 3.86. The van der Waals surface area contributed by atoms with Crippen LogP contribution in [0.15, 0.2) is 12.1 Å². The highest BCUT2D eigenvalue weighted by molar-refractivity contribution is 6.06. The van der Waals surface area contributed by atoms with Gasteiger partial charge in [-0.05, 0) is 49.9 Å². The molecular weight excluding hydrogens is 280 g/mol. The number of ether oxygens (including phenoxy) is 1. The van der Waals surface area contributed by atoms with Crippen molar-refractivity contribution in [1.29, 1.82) is 0 Å². The molecule has 0 saturated carbocycles. The van der Waals surface area contributed by atoms with Crippen molar-refractivity contribution in [3.05, 3.63) is 23.3 Å². The van der Waals surface area contributed by atoms with E-state index in [-0.39, 0.29) is 24.3 Å². The van der Waals surface area contributed by atoms with Crippen molar-refractivity contribution < 1.29 is 14.3 Å². The van der Waals surface area contributed by atoms with Crippen molar-refractivity contribution in [2.75, 3.05) is 23.4 Å². The van der Waals surface area contributed by atoms with Crippen molar-refractivity contribution in [1.82, 2.24) is 0 Å². The summed E-state index contributed by atoms with van der Waals surface area (Å²) in [5.74, 6) is -0.218. The molecule has 0 spiro atoms. The number of aryl methyl sites for hydroxylation is 2. The molecule has 1 heterocycles. The van der Waals surface area contributed by atoms with Crippen LogP contribution in [0.2, 0.25) is 0 Å². The maximum absolute atomic E-state index is 12.3. The van der Waals surface area contributed by atoms with Crippen LogP contribution < -0.4 is 10.2 Å². The SMILES string of the molecule is Cc1cc2c(cc1C)N(C(C)C(=O)OCC(C)C)C(=O)CN2. The van der Waals surface area contributed by atoms with E-state index in [1.165, 1.54) is 0 Å². The van der Waals surface area contributed by atoms with Gasteiger partial charge in [0.05, 0.1) is 24.5 Å². The van der Waals surface area contributed by atoms with E-state index in [0.29, 0.717) is 6.61 Å². The lowest BCUT2D eigenvalue weighted by molar-refractivity contribution is -0.146. The van der Waals surface area contributed by atoms with Crippen LogP contribution in [-0.4, -0.2) is 31.1 Å². The maximum atomic E-state index is 12.3. The molecule has 0 radical (unpaired) electrons. The molecule has 0 bridgehead atoms. The van der Waals surface area contributed by atoms with Gasteiger partial charge in [-0.25, -0.2) is 4.79 Å². The van der Waals surface area contributed by atoms with Gasteiger partial charge in [-0.3, -0.25) is 9.69 Å². The van der Waals surface area contributed by atoms with Crippen LogP contribution in [-0.2, 0) is 14.3 Å². The molecule has 5 nitrogen and oxygen atoms in total. The predicted molar refractivity (Wildman–Crippen MR) is 87.2 cm³/mol. The molecule has 120 valence electrons. The fourth-order valence-corrected chi connectivity index (χ4v) is 2.43. The number of rotatable bonds is 4. The molecule has 1 aromatic rings. The van der Waals surface area contributed by atoms with Crippen LogP contribution in [0.1, 0.15) is 31.9 Å². The van der Waals surface area contributed by atoms with Crippen LogP contribution in [0.25, 0.3) is 0 Å². The summed E-state index contributed by atoms with van der Waals surface area (Å²) in [5.41, 5.74) is 3.86. The number of carbonyl (C=O) groups is 2. The first-order valence-electron chi connectivity index (χ1n) is 7.65. The van der Waals surface area contributed by atoms with Crippen molar-refractivity contribution >= 4 is 23.3 Å². The standard InChI is InChI=1S/C17H24N2O3/c1-10(2)9-22-17(21)13(5)19-15-7-12(4)11(3)6-14(15)18-8-16(19)20/h6-7,10,13,18H,8-9H2,1-5H3. The van der Waals surface area contributed by atoms with Crippen LogP contribution in [0.4, 0.5) is 11.4 Å². The summed E-state index contributed by atoms with van der Waals surface area (Å²) in [6.45, 7) is 10.3. The minimum Gasteiger partial charge on any atom is -0.464 e. The molecule has 0 fully saturated rings. The summed E-state index contributed by atoms with van der Waals surface area (Å²) in [6.07, 6.45) is 0. The van der Waals surface area contributed by atoms with Crippen molar-refractivity contribution in [3.63, 3.8) is 0 Å². The highest BCUT2D eigenvalue weighted by Crippen LogP contribution is 2.33. The molecule has 1 aromatic carbocycles. The smallest absolute Gasteiger partial charge is 0.328 e. The van der Waals surface area contributed by atoms with Crippen LogP contribution in [0.3, 0.4) is 0 Å². The van der Waals surface area contributed by atoms with Gasteiger partial charge < -0.3 is 10.1 Å². The monoisotopic (exact) mass is 304 g/mol. The number of amides is 1. The lowest BCUT2D eigenvalue weighted by atomic mass is 10.0. The fourth-order valence-electron chi connectivity index (χ4n) is 2.43. The summed E-state index contributed by atoms with van der Waals surface area (Å²) in [5, 5.41) is 3.11. The Labute approximate surface area is 131 Å². The van der Waals surface area contributed by atoms with Gasteiger partial charge in [0.15, 0.2) is 0 Å². The summed E-state index contributed by atoms with van der Waals surface area (Å²) >= 11 is 0. The average Bonchev–Trinajstić information content (AvgIpc) is 2.46. The summed E-state index contributed by atoms with van der Waals surface area (Å²) in [7, 11) is 0. The molecule has 1 atom stereocenters. The number of anilines is 2. The van der Waals surface area contributed by atoms with E-state index in [2.05, 4.69) is 5.32 Å². The van der Waals surface area contributed by atoms with Gasteiger partial charge in [0, 0.05) is 0 Å². The molecule has 1 unspecified atom stereocenters. The van der Waals surface area contributed by atoms with Crippen LogP contribution in [0.5, 0.6) is 0 Å². The number of esters is 1. The molecule has 0 aromatic heterocycles. The zero-order valence-electron chi connectivity index (χ0n) is 13.9. The first-order chi connectivity index (χ1) is 10.3. The molecule has 1 amide bonds. The van der Waals surface area contributed by atoms with Gasteiger partial charge in [-0.15, -0.1) is 0 Å². The minimum atomic E-state index is -0.630. The fraction of sp³-hybridized carbons (Fsp3) is 0.529. The predicted octanol–water partition coefficient (Wildman–Crippen LogP) is 2.65. The first-order valence-corrected chi connectivity index (χ1v) is 7.65. The Kier molecular flexibility index (Phi) is 4.74. The van der Waals surface area contributed by atoms with Gasteiger partial charge in [0.1, 0.15) is 6.04 Å². The molecule has 1 N–H and O–H groups in total. The van der Waals surface area contributed by atoms with Crippen LogP contribution >= 0.6 is 0 Å². The maximum Gasteiger partial charge on any atom is 0.328 e. The number of nitrogens with zero attached hydrogens (tertiary/aromatic N) is 1. The molecule has 2 rings (SSSR count).